The number of nitrogens with zero attached hydrogens (tertiary/aromatic N) is 3. The van der Waals surface area contributed by atoms with Crippen molar-refractivity contribution in [3.8, 4) is 11.3 Å². The summed E-state index contributed by atoms with van der Waals surface area (Å²) in [6.45, 7) is 16.9. The highest BCUT2D eigenvalue weighted by atomic mass is 19.2. The fourth-order valence-corrected chi connectivity index (χ4v) is 3.85. The maximum absolute atomic E-state index is 14.2. The largest absolute Gasteiger partial charge is 0.352 e. The van der Waals surface area contributed by atoms with Crippen molar-refractivity contribution >= 4 is 11.6 Å². The lowest BCUT2D eigenvalue weighted by molar-refractivity contribution is 0.0951. The van der Waals surface area contributed by atoms with Crippen LogP contribution in [0.3, 0.4) is 0 Å². The van der Waals surface area contributed by atoms with Crippen LogP contribution in [0.1, 0.15) is 63.4 Å². The van der Waals surface area contributed by atoms with Crippen LogP contribution in [-0.2, 0) is 0 Å². The van der Waals surface area contributed by atoms with E-state index in [0.29, 0.717) is 23.2 Å². The molecular weight excluding hydrogens is 436 g/mol. The highest BCUT2D eigenvalue weighted by molar-refractivity contribution is 5.95. The number of pyridine rings is 1. The fraction of sp³-hybridized carbons (Fsp3) is 0.538. The highest BCUT2D eigenvalue weighted by Crippen LogP contribution is 2.29. The molecule has 2 heterocycles. The molecule has 1 fully saturated rings. The Bertz CT molecular complexity index is 995. The molecule has 0 radical (unpaired) electrons. The number of nitrogens with one attached hydrogen (secondary N) is 2. The van der Waals surface area contributed by atoms with Crippen LogP contribution in [0, 0.1) is 35.4 Å². The van der Waals surface area contributed by atoms with E-state index < -0.39 is 17.5 Å². The van der Waals surface area contributed by atoms with Gasteiger partial charge in [-0.2, -0.15) is 5.11 Å². The number of amides is 1. The number of carbonyl (C=O) groups is 1. The van der Waals surface area contributed by atoms with Crippen LogP contribution in [0.25, 0.3) is 11.3 Å². The number of piperidine rings is 1. The zero-order valence-corrected chi connectivity index (χ0v) is 21.1. The van der Waals surface area contributed by atoms with Gasteiger partial charge in [-0.3, -0.25) is 9.78 Å². The molecule has 2 aromatic rings. The number of rotatable bonds is 5. The van der Waals surface area contributed by atoms with E-state index in [4.69, 9.17) is 5.53 Å². The number of benzene rings is 1. The Hall–Kier alpha value is -2.74. The molecule has 3 rings (SSSR count). The normalized spacial score (nSPS) is 14.8. The fourth-order valence-electron chi connectivity index (χ4n) is 3.85. The van der Waals surface area contributed by atoms with Gasteiger partial charge in [0.2, 0.25) is 0 Å². The third-order valence-corrected chi connectivity index (χ3v) is 5.71. The number of likely N-dealkylation sites (tertiary alicyclic amines) is 1. The van der Waals surface area contributed by atoms with Gasteiger partial charge in [0.05, 0.1) is 16.9 Å². The molecule has 1 aromatic heterocycles. The van der Waals surface area contributed by atoms with Crippen LogP contribution in [0.2, 0.25) is 0 Å². The van der Waals surface area contributed by atoms with E-state index in [9.17, 15) is 13.6 Å². The van der Waals surface area contributed by atoms with Crippen molar-refractivity contribution < 1.29 is 13.6 Å². The van der Waals surface area contributed by atoms with Gasteiger partial charge in [-0.05, 0) is 74.9 Å². The predicted molar refractivity (Wildman–Crippen MR) is 131 cm³/mol. The minimum absolute atomic E-state index is 0.0875. The summed E-state index contributed by atoms with van der Waals surface area (Å²) < 4.78 is 28.3. The Morgan fingerprint density at radius 3 is 2.44 bits per heavy atom. The molecule has 0 saturated carbocycles. The monoisotopic (exact) mass is 473 g/mol. The summed E-state index contributed by atoms with van der Waals surface area (Å²) in [5, 5.41) is 5.72. The van der Waals surface area contributed by atoms with Gasteiger partial charge in [0.15, 0.2) is 11.6 Å². The lowest BCUT2D eigenvalue weighted by atomic mass is 9.93. The summed E-state index contributed by atoms with van der Waals surface area (Å²) in [6, 6.07) is 3.89. The summed E-state index contributed by atoms with van der Waals surface area (Å²) in [6.07, 6.45) is 4.23. The van der Waals surface area contributed by atoms with Crippen molar-refractivity contribution in [1.29, 1.82) is 5.53 Å². The summed E-state index contributed by atoms with van der Waals surface area (Å²) in [7, 11) is 0. The van der Waals surface area contributed by atoms with Gasteiger partial charge in [0, 0.05) is 24.8 Å². The first-order valence-corrected chi connectivity index (χ1v) is 11.8. The minimum atomic E-state index is -1.23. The van der Waals surface area contributed by atoms with E-state index in [1.807, 2.05) is 0 Å². The van der Waals surface area contributed by atoms with E-state index in [2.05, 4.69) is 48.0 Å². The Kier molecular flexibility index (Phi) is 9.79. The Labute approximate surface area is 201 Å². The van der Waals surface area contributed by atoms with E-state index in [1.54, 1.807) is 13.8 Å². The lowest BCUT2D eigenvalue weighted by Gasteiger charge is -2.34. The first-order chi connectivity index (χ1) is 16.0. The van der Waals surface area contributed by atoms with Gasteiger partial charge >= 0.3 is 0 Å². The van der Waals surface area contributed by atoms with Gasteiger partial charge in [0.1, 0.15) is 0 Å². The summed E-state index contributed by atoms with van der Waals surface area (Å²) >= 11 is 0. The van der Waals surface area contributed by atoms with Crippen LogP contribution < -0.4 is 5.32 Å². The molecule has 0 spiro atoms. The van der Waals surface area contributed by atoms with Gasteiger partial charge in [-0.1, -0.05) is 27.7 Å². The van der Waals surface area contributed by atoms with E-state index in [0.717, 1.165) is 5.92 Å². The third kappa shape index (κ3) is 7.65. The summed E-state index contributed by atoms with van der Waals surface area (Å²) in [4.78, 5) is 18.3. The van der Waals surface area contributed by atoms with Crippen molar-refractivity contribution in [1.82, 2.24) is 15.2 Å². The maximum Gasteiger partial charge on any atom is 0.254 e. The molecule has 1 amide bonds. The maximum atomic E-state index is 14.2. The predicted octanol–water partition coefficient (Wildman–Crippen LogP) is 6.51. The average molecular weight is 474 g/mol. The molecule has 0 unspecified atom stereocenters. The highest BCUT2D eigenvalue weighted by Gasteiger charge is 2.21. The molecule has 2 N–H and O–H groups in total. The molecule has 186 valence electrons. The lowest BCUT2D eigenvalue weighted by Crippen LogP contribution is -2.38. The van der Waals surface area contributed by atoms with Crippen molar-refractivity contribution in [3.05, 3.63) is 47.2 Å². The Morgan fingerprint density at radius 1 is 1.24 bits per heavy atom. The first kappa shape index (κ1) is 27.5. The van der Waals surface area contributed by atoms with E-state index >= 15 is 0 Å². The molecule has 0 bridgehead atoms. The number of aromatic nitrogens is 1. The second-order valence-corrected chi connectivity index (χ2v) is 10.1. The standard InChI is InChI=1S/C15H14F2N4O.C11H23N/c1-3-19-15(22)10-5-4-9(13(16)14(10)17)12-6-11(21-18)8(2)7-20-12;1-10-5-7-12(8-6-10)9-11(2,3)4/h4-7,18H,3H2,1-2H3,(H,19,22);10H,5-9H2,1-4H3. The SMILES string of the molecule is CC1CCN(CC(C)(C)C)CC1.CCNC(=O)c1ccc(-c2cc(N=N)c(C)cn2)c(F)c1F. The minimum Gasteiger partial charge on any atom is -0.352 e. The number of halogens is 2. The molecule has 0 aliphatic carbocycles. The number of hydrogen-bond acceptors (Lipinski definition) is 5. The summed E-state index contributed by atoms with van der Waals surface area (Å²) in [5.74, 6) is -2.10. The molecule has 1 aromatic carbocycles. The van der Waals surface area contributed by atoms with E-state index in [1.165, 1.54) is 56.9 Å². The quantitative estimate of drug-likeness (QED) is 0.486. The van der Waals surface area contributed by atoms with Crippen LogP contribution in [-0.4, -0.2) is 42.0 Å². The van der Waals surface area contributed by atoms with Gasteiger partial charge in [-0.15, -0.1) is 0 Å². The average Bonchev–Trinajstić information content (AvgIpc) is 2.77. The molecule has 0 atom stereocenters. The molecule has 8 heteroatoms. The van der Waals surface area contributed by atoms with Crippen molar-refractivity contribution in [3.63, 3.8) is 0 Å². The molecule has 1 aliphatic rings. The van der Waals surface area contributed by atoms with Crippen molar-refractivity contribution in [2.24, 2.45) is 16.4 Å². The molecular formula is C26H37F2N5O. The molecule has 6 nitrogen and oxygen atoms in total. The zero-order valence-electron chi connectivity index (χ0n) is 21.1. The number of carbonyl (C=O) groups excluding carboxylic acids is 1. The second kappa shape index (κ2) is 12.1. The van der Waals surface area contributed by atoms with Crippen LogP contribution in [0.5, 0.6) is 0 Å². The third-order valence-electron chi connectivity index (χ3n) is 5.71. The first-order valence-electron chi connectivity index (χ1n) is 11.8. The summed E-state index contributed by atoms with van der Waals surface area (Å²) in [5.41, 5.74) is 8.19. The van der Waals surface area contributed by atoms with Crippen molar-refractivity contribution in [2.75, 3.05) is 26.2 Å². The van der Waals surface area contributed by atoms with Crippen LogP contribution >= 0.6 is 0 Å². The Balaban J connectivity index is 0.000000287. The number of aryl methyl sites for hydroxylation is 1. The van der Waals surface area contributed by atoms with E-state index in [-0.39, 0.29) is 16.8 Å². The smallest absolute Gasteiger partial charge is 0.254 e. The Morgan fingerprint density at radius 2 is 1.88 bits per heavy atom. The van der Waals surface area contributed by atoms with Gasteiger partial charge in [-0.25, -0.2) is 14.3 Å². The molecule has 34 heavy (non-hydrogen) atoms. The van der Waals surface area contributed by atoms with Gasteiger partial charge < -0.3 is 10.2 Å². The second-order valence-electron chi connectivity index (χ2n) is 10.1. The van der Waals surface area contributed by atoms with Crippen molar-refractivity contribution in [2.45, 2.75) is 54.4 Å². The van der Waals surface area contributed by atoms with Crippen LogP contribution in [0.15, 0.2) is 29.5 Å². The molecule has 1 saturated heterocycles. The van der Waals surface area contributed by atoms with Gasteiger partial charge in [0.25, 0.3) is 5.91 Å². The number of hydrogen-bond donors (Lipinski definition) is 2. The topological polar surface area (TPSA) is 81.4 Å². The van der Waals surface area contributed by atoms with Crippen LogP contribution in [0.4, 0.5) is 14.5 Å². The zero-order chi connectivity index (χ0) is 25.5. The molecule has 1 aliphatic heterocycles.